The molecular weight excluding hydrogens is 364 g/mol. The fourth-order valence-corrected chi connectivity index (χ4v) is 3.29. The van der Waals surface area contributed by atoms with Gasteiger partial charge in [0, 0.05) is 16.9 Å². The van der Waals surface area contributed by atoms with Crippen LogP contribution < -0.4 is 0 Å². The minimum Gasteiger partial charge on any atom is -0.268 e. The number of pyridine rings is 1. The van der Waals surface area contributed by atoms with Gasteiger partial charge in [0.2, 0.25) is 0 Å². The van der Waals surface area contributed by atoms with Crippen LogP contribution >= 0.6 is 27.7 Å². The molecule has 6 heteroatoms. The van der Waals surface area contributed by atoms with Gasteiger partial charge in [0.1, 0.15) is 0 Å². The van der Waals surface area contributed by atoms with E-state index >= 15 is 0 Å². The lowest BCUT2D eigenvalue weighted by molar-refractivity contribution is -0.123. The smallest absolute Gasteiger partial charge is 0.268 e. The first-order valence-electron chi connectivity index (χ1n) is 6.54. The monoisotopic (exact) mass is 374 g/mol. The second-order valence-corrected chi connectivity index (χ2v) is 6.49. The molecule has 0 N–H and O–H groups in total. The Morgan fingerprint density at radius 2 is 2.00 bits per heavy atom. The Morgan fingerprint density at radius 1 is 1.18 bits per heavy atom. The number of halogens is 1. The Morgan fingerprint density at radius 3 is 2.73 bits per heavy atom. The predicted molar refractivity (Wildman–Crippen MR) is 89.9 cm³/mol. The second-order valence-electron chi connectivity index (χ2n) is 4.65. The van der Waals surface area contributed by atoms with E-state index in [-0.39, 0.29) is 17.7 Å². The third-order valence-corrected chi connectivity index (χ3v) is 4.82. The van der Waals surface area contributed by atoms with E-state index in [1.807, 2.05) is 30.3 Å². The van der Waals surface area contributed by atoms with Gasteiger partial charge in [-0.3, -0.25) is 19.5 Å². The van der Waals surface area contributed by atoms with Crippen LogP contribution in [0.1, 0.15) is 11.1 Å². The van der Waals surface area contributed by atoms with Crippen molar-refractivity contribution < 1.29 is 9.59 Å². The van der Waals surface area contributed by atoms with Gasteiger partial charge >= 0.3 is 0 Å². The Hall–Kier alpha value is -1.92. The Labute approximate surface area is 140 Å². The lowest BCUT2D eigenvalue weighted by Crippen LogP contribution is -2.27. The molecule has 1 aromatic heterocycles. The molecule has 2 heterocycles. The Kier molecular flexibility index (Phi) is 4.40. The van der Waals surface area contributed by atoms with Crippen LogP contribution in [0.5, 0.6) is 0 Å². The summed E-state index contributed by atoms with van der Waals surface area (Å²) in [5, 5.41) is -0.254. The van der Waals surface area contributed by atoms with Crippen LogP contribution in [0.2, 0.25) is 0 Å². The molecule has 0 atom stereocenters. The summed E-state index contributed by atoms with van der Waals surface area (Å²) in [6, 6.07) is 11.2. The number of nitrogens with zero attached hydrogens (tertiary/aromatic N) is 2. The van der Waals surface area contributed by atoms with Crippen LogP contribution in [0.25, 0.3) is 6.08 Å². The molecule has 1 aromatic carbocycles. The van der Waals surface area contributed by atoms with Crippen LogP contribution in [0.15, 0.2) is 58.2 Å². The maximum absolute atomic E-state index is 12.4. The van der Waals surface area contributed by atoms with Crippen LogP contribution in [0.4, 0.5) is 4.79 Å². The van der Waals surface area contributed by atoms with Gasteiger partial charge in [0.05, 0.1) is 11.4 Å². The Bertz CT molecular complexity index is 762. The zero-order valence-electron chi connectivity index (χ0n) is 11.4. The molecule has 2 aromatic rings. The number of aromatic nitrogens is 1. The summed E-state index contributed by atoms with van der Waals surface area (Å²) in [6.45, 7) is 0.260. The number of imide groups is 1. The van der Waals surface area contributed by atoms with Crippen LogP contribution in [0.3, 0.4) is 0 Å². The first-order valence-corrected chi connectivity index (χ1v) is 8.15. The number of thioether (sulfide) groups is 1. The number of carbonyl (C=O) groups excluding carboxylic acids is 2. The molecule has 0 saturated carbocycles. The maximum atomic E-state index is 12.4. The van der Waals surface area contributed by atoms with E-state index in [0.29, 0.717) is 4.91 Å². The van der Waals surface area contributed by atoms with Crippen molar-refractivity contribution in [3.63, 3.8) is 0 Å². The van der Waals surface area contributed by atoms with Gasteiger partial charge in [-0.05, 0) is 41.1 Å². The van der Waals surface area contributed by atoms with Crippen LogP contribution in [-0.4, -0.2) is 21.0 Å². The van der Waals surface area contributed by atoms with Crippen molar-refractivity contribution in [2.75, 3.05) is 0 Å². The van der Waals surface area contributed by atoms with E-state index in [0.717, 1.165) is 27.4 Å². The highest BCUT2D eigenvalue weighted by molar-refractivity contribution is 9.10. The van der Waals surface area contributed by atoms with Gasteiger partial charge in [-0.15, -0.1) is 0 Å². The lowest BCUT2D eigenvalue weighted by atomic mass is 10.2. The highest BCUT2D eigenvalue weighted by Gasteiger charge is 2.35. The normalized spacial score (nSPS) is 16.6. The third kappa shape index (κ3) is 3.13. The second kappa shape index (κ2) is 6.46. The molecular formula is C16H11BrN2O2S. The third-order valence-electron chi connectivity index (χ3n) is 3.14. The van der Waals surface area contributed by atoms with E-state index in [9.17, 15) is 9.59 Å². The molecule has 1 fully saturated rings. The molecule has 3 rings (SSSR count). The number of amides is 2. The van der Waals surface area contributed by atoms with Gasteiger partial charge < -0.3 is 0 Å². The predicted octanol–water partition coefficient (Wildman–Crippen LogP) is 4.08. The van der Waals surface area contributed by atoms with Gasteiger partial charge in [0.15, 0.2) is 0 Å². The molecule has 110 valence electrons. The lowest BCUT2D eigenvalue weighted by Gasteiger charge is -2.13. The summed E-state index contributed by atoms with van der Waals surface area (Å²) >= 11 is 4.39. The van der Waals surface area contributed by atoms with E-state index in [2.05, 4.69) is 20.9 Å². The van der Waals surface area contributed by atoms with E-state index in [1.165, 1.54) is 4.90 Å². The van der Waals surface area contributed by atoms with E-state index in [1.54, 1.807) is 24.5 Å². The minimum absolute atomic E-state index is 0.254. The molecule has 0 unspecified atom stereocenters. The van der Waals surface area contributed by atoms with Gasteiger partial charge in [-0.2, -0.15) is 0 Å². The molecule has 2 amide bonds. The summed E-state index contributed by atoms with van der Waals surface area (Å²) in [7, 11) is 0. The van der Waals surface area contributed by atoms with E-state index < -0.39 is 0 Å². The van der Waals surface area contributed by atoms with Gasteiger partial charge in [-0.25, -0.2) is 0 Å². The molecule has 1 aliphatic heterocycles. The number of carbonyl (C=O) groups is 2. The average Bonchev–Trinajstić information content (AvgIpc) is 2.78. The standard InChI is InChI=1S/C16H11BrN2O2S/c17-13-6-2-1-5-12(13)10-19-15(20)14(22-16(19)21)8-11-4-3-7-18-9-11/h1-9H,10H2/b14-8+. The van der Waals surface area contributed by atoms with Crippen molar-refractivity contribution in [2.45, 2.75) is 6.54 Å². The molecule has 4 nitrogen and oxygen atoms in total. The highest BCUT2D eigenvalue weighted by Crippen LogP contribution is 2.33. The number of hydrogen-bond donors (Lipinski definition) is 0. The number of hydrogen-bond acceptors (Lipinski definition) is 4. The summed E-state index contributed by atoms with van der Waals surface area (Å²) in [4.78, 5) is 30.2. The summed E-state index contributed by atoms with van der Waals surface area (Å²) in [5.74, 6) is -0.269. The highest BCUT2D eigenvalue weighted by atomic mass is 79.9. The maximum Gasteiger partial charge on any atom is 0.293 e. The Balaban J connectivity index is 1.83. The van der Waals surface area contributed by atoms with Crippen molar-refractivity contribution in [3.8, 4) is 0 Å². The molecule has 22 heavy (non-hydrogen) atoms. The fraction of sp³-hybridized carbons (Fsp3) is 0.0625. The molecule has 0 bridgehead atoms. The topological polar surface area (TPSA) is 50.3 Å². The molecule has 1 aliphatic rings. The van der Waals surface area contributed by atoms with Crippen molar-refractivity contribution in [1.82, 2.24) is 9.88 Å². The molecule has 0 aliphatic carbocycles. The van der Waals surface area contributed by atoms with Gasteiger partial charge in [-0.1, -0.05) is 40.2 Å². The SMILES string of the molecule is O=C1S/C(=C/c2cccnc2)C(=O)N1Cc1ccccc1Br. The van der Waals surface area contributed by atoms with Gasteiger partial charge in [0.25, 0.3) is 11.1 Å². The average molecular weight is 375 g/mol. The summed E-state index contributed by atoms with van der Waals surface area (Å²) in [5.41, 5.74) is 1.70. The zero-order valence-corrected chi connectivity index (χ0v) is 13.8. The van der Waals surface area contributed by atoms with Crippen molar-refractivity contribution >= 4 is 44.9 Å². The van der Waals surface area contributed by atoms with Crippen molar-refractivity contribution in [1.29, 1.82) is 0 Å². The van der Waals surface area contributed by atoms with Crippen LogP contribution in [0, 0.1) is 0 Å². The van der Waals surface area contributed by atoms with Crippen molar-refractivity contribution in [3.05, 3.63) is 69.3 Å². The minimum atomic E-state index is -0.269. The van der Waals surface area contributed by atoms with Crippen molar-refractivity contribution in [2.24, 2.45) is 0 Å². The van der Waals surface area contributed by atoms with Crippen LogP contribution in [-0.2, 0) is 11.3 Å². The summed E-state index contributed by atoms with van der Waals surface area (Å²) in [6.07, 6.45) is 5.01. The molecule has 0 spiro atoms. The summed E-state index contributed by atoms with van der Waals surface area (Å²) < 4.78 is 0.880. The number of benzene rings is 1. The first kappa shape index (κ1) is 15.0. The zero-order chi connectivity index (χ0) is 15.5. The fourth-order valence-electron chi connectivity index (χ4n) is 2.05. The number of rotatable bonds is 3. The molecule has 1 saturated heterocycles. The van der Waals surface area contributed by atoms with E-state index in [4.69, 9.17) is 0 Å². The quantitative estimate of drug-likeness (QED) is 0.759. The first-order chi connectivity index (χ1) is 10.6. The molecule has 0 radical (unpaired) electrons. The largest absolute Gasteiger partial charge is 0.293 e.